The van der Waals surface area contributed by atoms with Gasteiger partial charge in [0.15, 0.2) is 0 Å². The maximum absolute atomic E-state index is 13.8. The second-order valence-corrected chi connectivity index (χ2v) is 12.3. The summed E-state index contributed by atoms with van der Waals surface area (Å²) in [6, 6.07) is 18.6. The van der Waals surface area contributed by atoms with Gasteiger partial charge in [0, 0.05) is 42.7 Å². The van der Waals surface area contributed by atoms with Crippen LogP contribution in [0.5, 0.6) is 5.75 Å². The number of carboxylic acids is 1. The van der Waals surface area contributed by atoms with Crippen molar-refractivity contribution in [2.45, 2.75) is 35.9 Å². The summed E-state index contributed by atoms with van der Waals surface area (Å²) in [6.07, 6.45) is -3.99. The fourth-order valence-corrected chi connectivity index (χ4v) is 7.00. The van der Waals surface area contributed by atoms with Crippen LogP contribution in [-0.4, -0.2) is 50.2 Å². The predicted octanol–water partition coefficient (Wildman–Crippen LogP) is 5.68. The van der Waals surface area contributed by atoms with Crippen LogP contribution in [0, 0.1) is 0 Å². The maximum Gasteiger partial charge on any atom is 0.416 e. The van der Waals surface area contributed by atoms with Gasteiger partial charge >= 0.3 is 12.1 Å². The molecule has 0 spiro atoms. The zero-order valence-electron chi connectivity index (χ0n) is 22.2. The van der Waals surface area contributed by atoms with E-state index in [1.165, 1.54) is 0 Å². The number of halogens is 3. The highest BCUT2D eigenvalue weighted by molar-refractivity contribution is 7.92. The molecular weight excluding hydrogens is 571 g/mol. The van der Waals surface area contributed by atoms with Crippen LogP contribution in [-0.2, 0) is 21.0 Å². The van der Waals surface area contributed by atoms with E-state index in [1.807, 2.05) is 36.4 Å². The molecule has 3 heterocycles. The van der Waals surface area contributed by atoms with Crippen LogP contribution < -0.4 is 13.9 Å². The third-order valence-corrected chi connectivity index (χ3v) is 9.44. The molecule has 0 amide bonds. The fraction of sp³-hybridized carbons (Fsp3) is 0.267. The van der Waals surface area contributed by atoms with Crippen LogP contribution in [0.2, 0.25) is 0 Å². The number of aliphatic carboxylic acids is 1. The monoisotopic (exact) mass is 597 g/mol. The number of sulfonamides is 1. The smallest absolute Gasteiger partial charge is 0.416 e. The summed E-state index contributed by atoms with van der Waals surface area (Å²) in [5.74, 6) is -0.763. The van der Waals surface area contributed by atoms with Crippen molar-refractivity contribution in [3.63, 3.8) is 0 Å². The summed E-state index contributed by atoms with van der Waals surface area (Å²) < 4.78 is 74.9. The van der Waals surface area contributed by atoms with E-state index in [9.17, 15) is 26.4 Å². The number of carbonyl (C=O) groups is 1. The van der Waals surface area contributed by atoms with E-state index in [0.29, 0.717) is 19.2 Å². The van der Waals surface area contributed by atoms with Crippen molar-refractivity contribution in [2.75, 3.05) is 28.8 Å². The second-order valence-electron chi connectivity index (χ2n) is 10.4. The lowest BCUT2D eigenvalue weighted by atomic mass is 9.90. The minimum Gasteiger partial charge on any atom is -0.486 e. The Bertz CT molecular complexity index is 1770. The molecule has 0 radical (unpaired) electrons. The number of alkyl halides is 3. The molecule has 218 valence electrons. The number of benzene rings is 3. The Morgan fingerprint density at radius 2 is 1.76 bits per heavy atom. The van der Waals surface area contributed by atoms with E-state index < -0.39 is 38.7 Å². The van der Waals surface area contributed by atoms with Gasteiger partial charge in [0.05, 0.1) is 28.2 Å². The average Bonchev–Trinajstić information content (AvgIpc) is 2.94. The number of rotatable bonds is 7. The van der Waals surface area contributed by atoms with Gasteiger partial charge in [-0.25, -0.2) is 8.42 Å². The SMILES string of the molecule is O=C(O)CCC1CN(S(=O)(=O)c2cccc(C(F)(F)F)c2)c2cc(C3CN(c4cccc5ncccc45)C3)ccc2O1. The first kappa shape index (κ1) is 27.8. The first-order valence-corrected chi connectivity index (χ1v) is 14.8. The highest BCUT2D eigenvalue weighted by Gasteiger charge is 2.38. The minimum absolute atomic E-state index is 0.0304. The zero-order valence-corrected chi connectivity index (χ0v) is 23.0. The molecule has 6 rings (SSSR count). The summed E-state index contributed by atoms with van der Waals surface area (Å²) in [5.41, 5.74) is 1.93. The van der Waals surface area contributed by atoms with Gasteiger partial charge < -0.3 is 14.7 Å². The summed E-state index contributed by atoms with van der Waals surface area (Å²) in [7, 11) is -4.45. The van der Waals surface area contributed by atoms with Gasteiger partial charge in [-0.1, -0.05) is 18.2 Å². The molecule has 1 unspecified atom stereocenters. The Kier molecular flexibility index (Phi) is 6.96. The lowest BCUT2D eigenvalue weighted by molar-refractivity contribution is -0.138. The number of hydrogen-bond acceptors (Lipinski definition) is 6. The standard InChI is InChI=1S/C30H26F3N3O5S/c31-30(32,33)21-4-1-5-23(15-21)42(39,40)36-18-22(10-12-29(37)38)41-28-11-9-19(14-27(28)36)20-16-35(17-20)26-8-2-7-25-24(26)6-3-13-34-25/h1-9,11,13-15,20,22H,10,12,16-18H2,(H,37,38). The van der Waals surface area contributed by atoms with Gasteiger partial charge in [-0.05, 0) is 66.6 Å². The van der Waals surface area contributed by atoms with Gasteiger partial charge in [0.25, 0.3) is 10.0 Å². The number of carboxylic acid groups (broad SMARTS) is 1. The summed E-state index contributed by atoms with van der Waals surface area (Å²) in [5, 5.41) is 10.2. The molecule has 1 saturated heterocycles. The van der Waals surface area contributed by atoms with Crippen molar-refractivity contribution in [1.29, 1.82) is 0 Å². The van der Waals surface area contributed by atoms with E-state index in [1.54, 1.807) is 18.3 Å². The lowest BCUT2D eigenvalue weighted by Gasteiger charge is -2.42. The van der Waals surface area contributed by atoms with E-state index >= 15 is 0 Å². The van der Waals surface area contributed by atoms with Crippen molar-refractivity contribution in [2.24, 2.45) is 0 Å². The Morgan fingerprint density at radius 3 is 2.52 bits per heavy atom. The third-order valence-electron chi connectivity index (χ3n) is 7.66. The van der Waals surface area contributed by atoms with E-state index in [0.717, 1.165) is 44.7 Å². The molecule has 2 aliphatic rings. The van der Waals surface area contributed by atoms with Crippen molar-refractivity contribution >= 4 is 38.3 Å². The van der Waals surface area contributed by atoms with Crippen molar-refractivity contribution in [3.05, 3.63) is 90.1 Å². The Morgan fingerprint density at radius 1 is 0.976 bits per heavy atom. The number of ether oxygens (including phenoxy) is 1. The van der Waals surface area contributed by atoms with Crippen LogP contribution >= 0.6 is 0 Å². The molecule has 42 heavy (non-hydrogen) atoms. The van der Waals surface area contributed by atoms with Crippen LogP contribution in [0.3, 0.4) is 0 Å². The molecule has 1 N–H and O–H groups in total. The second kappa shape index (κ2) is 10.5. The minimum atomic E-state index is -4.72. The lowest BCUT2D eigenvalue weighted by Crippen LogP contribution is -2.46. The number of pyridine rings is 1. The molecule has 1 fully saturated rings. The van der Waals surface area contributed by atoms with Gasteiger partial charge in [0.2, 0.25) is 0 Å². The summed E-state index contributed by atoms with van der Waals surface area (Å²) in [6.45, 7) is 1.12. The number of nitrogens with zero attached hydrogens (tertiary/aromatic N) is 3. The van der Waals surface area contributed by atoms with Gasteiger partial charge in [-0.2, -0.15) is 13.2 Å². The van der Waals surface area contributed by atoms with E-state index in [-0.39, 0.29) is 36.7 Å². The summed E-state index contributed by atoms with van der Waals surface area (Å²) in [4.78, 5) is 17.3. The largest absolute Gasteiger partial charge is 0.486 e. The van der Waals surface area contributed by atoms with Crippen LogP contribution in [0.15, 0.2) is 83.9 Å². The van der Waals surface area contributed by atoms with Crippen molar-refractivity contribution in [3.8, 4) is 5.75 Å². The fourth-order valence-electron chi connectivity index (χ4n) is 5.45. The summed E-state index contributed by atoms with van der Waals surface area (Å²) >= 11 is 0. The molecule has 0 aliphatic carbocycles. The highest BCUT2D eigenvalue weighted by Crippen LogP contribution is 2.43. The first-order valence-electron chi connectivity index (χ1n) is 13.3. The van der Waals surface area contributed by atoms with Crippen LogP contribution in [0.1, 0.15) is 29.9 Å². The Hall–Kier alpha value is -4.32. The Labute approximate surface area is 240 Å². The highest BCUT2D eigenvalue weighted by atomic mass is 32.2. The van der Waals surface area contributed by atoms with Crippen LogP contribution in [0.4, 0.5) is 24.5 Å². The molecule has 12 heteroatoms. The van der Waals surface area contributed by atoms with E-state index in [2.05, 4.69) is 9.88 Å². The average molecular weight is 598 g/mol. The molecular formula is C30H26F3N3O5S. The number of hydrogen-bond donors (Lipinski definition) is 1. The van der Waals surface area contributed by atoms with Crippen molar-refractivity contribution < 1.29 is 36.2 Å². The predicted molar refractivity (Wildman–Crippen MR) is 150 cm³/mol. The van der Waals surface area contributed by atoms with Gasteiger partial charge in [-0.3, -0.25) is 14.1 Å². The number of anilines is 2. The first-order chi connectivity index (χ1) is 20.0. The molecule has 4 aromatic rings. The molecule has 2 aliphatic heterocycles. The normalized spacial score (nSPS) is 17.5. The molecule has 8 nitrogen and oxygen atoms in total. The third kappa shape index (κ3) is 5.22. The molecule has 3 aromatic carbocycles. The molecule has 1 aromatic heterocycles. The molecule has 0 saturated carbocycles. The Balaban J connectivity index is 1.32. The number of aromatic nitrogens is 1. The van der Waals surface area contributed by atoms with Crippen LogP contribution in [0.25, 0.3) is 10.9 Å². The quantitative estimate of drug-likeness (QED) is 0.293. The van der Waals surface area contributed by atoms with Crippen molar-refractivity contribution in [1.82, 2.24) is 4.98 Å². The zero-order chi connectivity index (χ0) is 29.6. The van der Waals surface area contributed by atoms with E-state index in [4.69, 9.17) is 9.84 Å². The molecule has 1 atom stereocenters. The van der Waals surface area contributed by atoms with Gasteiger partial charge in [-0.15, -0.1) is 0 Å². The molecule has 0 bridgehead atoms. The van der Waals surface area contributed by atoms with Gasteiger partial charge in [0.1, 0.15) is 11.9 Å². The number of fused-ring (bicyclic) bond motifs is 2. The maximum atomic E-state index is 13.8. The topological polar surface area (TPSA) is 100 Å².